The molecule has 130 valence electrons. The van der Waals surface area contributed by atoms with E-state index >= 15 is 0 Å². The van der Waals surface area contributed by atoms with Crippen molar-refractivity contribution < 1.29 is 9.53 Å². The monoisotopic (exact) mass is 356 g/mol. The van der Waals surface area contributed by atoms with Crippen LogP contribution in [0.5, 0.6) is 5.75 Å². The Kier molecular flexibility index (Phi) is 5.03. The topological polar surface area (TPSA) is 69.4 Å². The lowest BCUT2D eigenvalue weighted by molar-refractivity contribution is 0.0994. The molecule has 0 fully saturated rings. The van der Waals surface area contributed by atoms with Crippen molar-refractivity contribution in [1.29, 1.82) is 0 Å². The second-order valence-electron chi connectivity index (χ2n) is 5.73. The van der Waals surface area contributed by atoms with Crippen molar-refractivity contribution in [3.05, 3.63) is 47.3 Å². The quantitative estimate of drug-likeness (QED) is 0.497. The highest BCUT2D eigenvalue weighted by atomic mass is 32.2. The largest absolute Gasteiger partial charge is 0.494 e. The summed E-state index contributed by atoms with van der Waals surface area (Å²) in [7, 11) is 0. The molecular formula is C18H20N4O2S. The molecule has 3 aromatic rings. The summed E-state index contributed by atoms with van der Waals surface area (Å²) in [5.74, 6) is 1.35. The van der Waals surface area contributed by atoms with Gasteiger partial charge in [0.2, 0.25) is 5.16 Å². The van der Waals surface area contributed by atoms with Gasteiger partial charge in [0.05, 0.1) is 11.9 Å². The maximum atomic E-state index is 12.6. The standard InChI is InChI=1S/C18H20N4O2S/c1-5-24-15-8-6-14(7-9-15)16(23)13(4)25-18-20-17-19-11(2)10-12(3)22(17)21-18/h6-10,13H,5H2,1-4H3/t13-/m1/s1. The number of aryl methyl sites for hydroxylation is 2. The summed E-state index contributed by atoms with van der Waals surface area (Å²) in [5.41, 5.74) is 2.51. The first-order valence-electron chi connectivity index (χ1n) is 8.12. The van der Waals surface area contributed by atoms with Crippen molar-refractivity contribution in [3.63, 3.8) is 0 Å². The van der Waals surface area contributed by atoms with Gasteiger partial charge < -0.3 is 4.74 Å². The van der Waals surface area contributed by atoms with Crippen LogP contribution < -0.4 is 4.74 Å². The van der Waals surface area contributed by atoms with E-state index in [2.05, 4.69) is 15.1 Å². The summed E-state index contributed by atoms with van der Waals surface area (Å²) in [6.45, 7) is 8.27. The van der Waals surface area contributed by atoms with Crippen molar-refractivity contribution in [3.8, 4) is 5.75 Å². The van der Waals surface area contributed by atoms with Gasteiger partial charge in [-0.15, -0.1) is 5.10 Å². The summed E-state index contributed by atoms with van der Waals surface area (Å²) in [6.07, 6.45) is 0. The van der Waals surface area contributed by atoms with E-state index < -0.39 is 0 Å². The highest BCUT2D eigenvalue weighted by Crippen LogP contribution is 2.24. The minimum Gasteiger partial charge on any atom is -0.494 e. The zero-order valence-electron chi connectivity index (χ0n) is 14.7. The molecule has 1 atom stereocenters. The molecule has 0 amide bonds. The molecular weight excluding hydrogens is 336 g/mol. The Balaban J connectivity index is 1.76. The lowest BCUT2D eigenvalue weighted by Gasteiger charge is -2.08. The minimum absolute atomic E-state index is 0.0350. The van der Waals surface area contributed by atoms with Crippen molar-refractivity contribution in [2.45, 2.75) is 38.1 Å². The zero-order valence-corrected chi connectivity index (χ0v) is 15.5. The fourth-order valence-corrected chi connectivity index (χ4v) is 3.35. The van der Waals surface area contributed by atoms with Crippen LogP contribution in [0.2, 0.25) is 0 Å². The number of carbonyl (C=O) groups excluding carboxylic acids is 1. The predicted molar refractivity (Wildman–Crippen MR) is 97.5 cm³/mol. The van der Waals surface area contributed by atoms with Gasteiger partial charge in [0, 0.05) is 17.0 Å². The fraction of sp³-hybridized carbons (Fsp3) is 0.333. The Morgan fingerprint density at radius 3 is 2.64 bits per heavy atom. The molecule has 0 saturated carbocycles. The number of aromatic nitrogens is 4. The third-order valence-corrected chi connectivity index (χ3v) is 4.65. The van der Waals surface area contributed by atoms with Gasteiger partial charge in [0.1, 0.15) is 5.75 Å². The third kappa shape index (κ3) is 3.82. The smallest absolute Gasteiger partial charge is 0.253 e. The number of hydrogen-bond donors (Lipinski definition) is 0. The first kappa shape index (κ1) is 17.4. The number of Topliss-reactive ketones (excluding diaryl/α,β-unsaturated/α-hetero) is 1. The number of nitrogens with zero attached hydrogens (tertiary/aromatic N) is 4. The molecule has 0 spiro atoms. The van der Waals surface area contributed by atoms with Gasteiger partial charge in [-0.05, 0) is 58.0 Å². The second-order valence-corrected chi connectivity index (χ2v) is 7.03. The second kappa shape index (κ2) is 7.23. The zero-order chi connectivity index (χ0) is 18.0. The molecule has 1 aromatic carbocycles. The van der Waals surface area contributed by atoms with Crippen molar-refractivity contribution in [2.24, 2.45) is 0 Å². The molecule has 0 saturated heterocycles. The van der Waals surface area contributed by atoms with Crippen LogP contribution in [-0.4, -0.2) is 37.2 Å². The van der Waals surface area contributed by atoms with Gasteiger partial charge >= 0.3 is 0 Å². The van der Waals surface area contributed by atoms with Crippen LogP contribution >= 0.6 is 11.8 Å². The lowest BCUT2D eigenvalue weighted by Crippen LogP contribution is -2.13. The molecule has 0 aliphatic carbocycles. The molecule has 0 bridgehead atoms. The van der Waals surface area contributed by atoms with Crippen molar-refractivity contribution in [1.82, 2.24) is 19.6 Å². The van der Waals surface area contributed by atoms with Gasteiger partial charge in [-0.1, -0.05) is 11.8 Å². The number of thioether (sulfide) groups is 1. The van der Waals surface area contributed by atoms with E-state index in [1.54, 1.807) is 16.6 Å². The minimum atomic E-state index is -0.295. The van der Waals surface area contributed by atoms with Crippen LogP contribution in [0.3, 0.4) is 0 Å². The van der Waals surface area contributed by atoms with E-state index in [9.17, 15) is 4.79 Å². The molecule has 0 N–H and O–H groups in total. The Morgan fingerprint density at radius 2 is 1.96 bits per heavy atom. The normalized spacial score (nSPS) is 12.3. The Morgan fingerprint density at radius 1 is 1.24 bits per heavy atom. The van der Waals surface area contributed by atoms with Crippen molar-refractivity contribution in [2.75, 3.05) is 6.61 Å². The lowest BCUT2D eigenvalue weighted by atomic mass is 10.1. The van der Waals surface area contributed by atoms with E-state index in [0.717, 1.165) is 17.1 Å². The summed E-state index contributed by atoms with van der Waals surface area (Å²) >= 11 is 1.34. The molecule has 2 heterocycles. The number of fused-ring (bicyclic) bond motifs is 1. The molecule has 0 unspecified atom stereocenters. The van der Waals surface area contributed by atoms with Crippen molar-refractivity contribution >= 4 is 23.3 Å². The maximum Gasteiger partial charge on any atom is 0.253 e. The molecule has 6 nitrogen and oxygen atoms in total. The van der Waals surface area contributed by atoms with Crippen LogP contribution in [0, 0.1) is 13.8 Å². The average molecular weight is 356 g/mol. The summed E-state index contributed by atoms with van der Waals surface area (Å²) in [6, 6.07) is 9.15. The van der Waals surface area contributed by atoms with Gasteiger partial charge in [0.25, 0.3) is 5.78 Å². The number of hydrogen-bond acceptors (Lipinski definition) is 6. The van der Waals surface area contributed by atoms with Crippen LogP contribution in [0.4, 0.5) is 0 Å². The summed E-state index contributed by atoms with van der Waals surface area (Å²) in [5, 5.41) is 4.70. The molecule has 2 aromatic heterocycles. The van der Waals surface area contributed by atoms with Gasteiger partial charge in [-0.2, -0.15) is 4.98 Å². The van der Waals surface area contributed by atoms with E-state index in [-0.39, 0.29) is 11.0 Å². The van der Waals surface area contributed by atoms with E-state index in [0.29, 0.717) is 23.1 Å². The maximum absolute atomic E-state index is 12.6. The Labute approximate surface area is 150 Å². The van der Waals surface area contributed by atoms with Gasteiger partial charge in [-0.25, -0.2) is 9.50 Å². The highest BCUT2D eigenvalue weighted by Gasteiger charge is 2.19. The molecule has 0 aliphatic rings. The molecule has 0 aliphatic heterocycles. The number of ether oxygens (including phenoxy) is 1. The van der Waals surface area contributed by atoms with E-state index in [1.807, 2.05) is 45.9 Å². The number of carbonyl (C=O) groups is 1. The van der Waals surface area contributed by atoms with E-state index in [1.165, 1.54) is 11.8 Å². The summed E-state index contributed by atoms with van der Waals surface area (Å²) in [4.78, 5) is 21.4. The number of ketones is 1. The first-order chi connectivity index (χ1) is 12.0. The Bertz CT molecular complexity index is 905. The first-order valence-corrected chi connectivity index (χ1v) is 9.00. The fourth-order valence-electron chi connectivity index (χ4n) is 2.53. The SMILES string of the molecule is CCOc1ccc(C(=O)[C@@H](C)Sc2nc3nc(C)cc(C)n3n2)cc1. The summed E-state index contributed by atoms with van der Waals surface area (Å²) < 4.78 is 7.10. The van der Waals surface area contributed by atoms with Crippen LogP contribution in [0.25, 0.3) is 5.78 Å². The molecule has 3 rings (SSSR count). The number of benzene rings is 1. The van der Waals surface area contributed by atoms with Gasteiger partial charge in [0.15, 0.2) is 5.78 Å². The highest BCUT2D eigenvalue weighted by molar-refractivity contribution is 8.00. The van der Waals surface area contributed by atoms with Crippen LogP contribution in [0.1, 0.15) is 35.6 Å². The van der Waals surface area contributed by atoms with Gasteiger partial charge in [-0.3, -0.25) is 4.79 Å². The van der Waals surface area contributed by atoms with Crippen LogP contribution in [-0.2, 0) is 0 Å². The average Bonchev–Trinajstić information content (AvgIpc) is 2.98. The van der Waals surface area contributed by atoms with Crippen LogP contribution in [0.15, 0.2) is 35.5 Å². The Hall–Kier alpha value is -2.41. The molecule has 7 heteroatoms. The van der Waals surface area contributed by atoms with E-state index in [4.69, 9.17) is 4.74 Å². The number of rotatable bonds is 6. The molecule has 0 radical (unpaired) electrons. The molecule has 25 heavy (non-hydrogen) atoms. The predicted octanol–water partition coefficient (Wildman–Crippen LogP) is 3.50. The third-order valence-electron chi connectivity index (χ3n) is 3.70.